The zero-order valence-electron chi connectivity index (χ0n) is 20.7. The highest BCUT2D eigenvalue weighted by atomic mass is 16.1. The van der Waals surface area contributed by atoms with Gasteiger partial charge < -0.3 is 11.1 Å². The minimum absolute atomic E-state index is 0.0935. The lowest BCUT2D eigenvalue weighted by Gasteiger charge is -2.25. The Bertz CT molecular complexity index is 1320. The van der Waals surface area contributed by atoms with Gasteiger partial charge in [-0.2, -0.15) is 9.98 Å². The summed E-state index contributed by atoms with van der Waals surface area (Å²) in [7, 11) is 2.06. The molecule has 4 heterocycles. The van der Waals surface area contributed by atoms with E-state index in [1.807, 2.05) is 30.7 Å². The lowest BCUT2D eigenvalue weighted by molar-refractivity contribution is 0.323. The Morgan fingerprint density at radius 1 is 1.29 bits per heavy atom. The van der Waals surface area contributed by atoms with Gasteiger partial charge >= 0.3 is 0 Å². The number of likely N-dealkylation sites (N-methyl/N-ethyl adjacent to an activating group) is 1. The summed E-state index contributed by atoms with van der Waals surface area (Å²) in [4.78, 5) is 33.3. The molecule has 4 rings (SSSR count). The molecule has 0 aromatic carbocycles. The van der Waals surface area contributed by atoms with E-state index in [-0.39, 0.29) is 23.0 Å². The van der Waals surface area contributed by atoms with Crippen LogP contribution in [0.4, 0.5) is 5.95 Å². The molecule has 0 amide bonds. The average molecular weight is 464 g/mol. The Morgan fingerprint density at radius 3 is 2.74 bits per heavy atom. The van der Waals surface area contributed by atoms with Gasteiger partial charge in [-0.05, 0) is 33.0 Å². The first-order valence-corrected chi connectivity index (χ1v) is 11.5. The minimum Gasteiger partial charge on any atom is -0.386 e. The van der Waals surface area contributed by atoms with E-state index in [9.17, 15) is 4.79 Å². The molecule has 0 unspecified atom stereocenters. The maximum absolute atomic E-state index is 13.2. The average Bonchev–Trinajstić information content (AvgIpc) is 3.05. The highest BCUT2D eigenvalue weighted by Gasteiger charge is 2.22. The van der Waals surface area contributed by atoms with Crippen molar-refractivity contribution in [1.29, 1.82) is 0 Å². The van der Waals surface area contributed by atoms with E-state index in [0.29, 0.717) is 16.9 Å². The van der Waals surface area contributed by atoms with E-state index in [1.54, 1.807) is 17.0 Å². The first kappa shape index (κ1) is 23.6. The van der Waals surface area contributed by atoms with Crippen molar-refractivity contribution in [3.8, 4) is 5.69 Å². The van der Waals surface area contributed by atoms with E-state index < -0.39 is 0 Å². The van der Waals surface area contributed by atoms with Gasteiger partial charge in [0.05, 0.1) is 5.69 Å². The SMILES string of the molecule is CC(C)n1c(=O)c2cnc(/N=C(N)\C=C3\CN(C)CCN3)nc2n1-c1ccnc(C(C)(C)C)c1. The molecule has 0 spiro atoms. The van der Waals surface area contributed by atoms with E-state index in [4.69, 9.17) is 5.73 Å². The molecule has 10 nitrogen and oxygen atoms in total. The number of nitrogens with two attached hydrogens (primary N) is 1. The number of amidine groups is 1. The Hall–Kier alpha value is -3.53. The molecular weight excluding hydrogens is 430 g/mol. The fourth-order valence-electron chi connectivity index (χ4n) is 3.98. The maximum Gasteiger partial charge on any atom is 0.278 e. The molecular formula is C24H33N9O. The Kier molecular flexibility index (Phi) is 6.26. The third-order valence-electron chi connectivity index (χ3n) is 5.69. The summed E-state index contributed by atoms with van der Waals surface area (Å²) >= 11 is 0. The number of pyridine rings is 1. The van der Waals surface area contributed by atoms with Gasteiger partial charge in [-0.3, -0.25) is 14.7 Å². The third-order valence-corrected chi connectivity index (χ3v) is 5.69. The number of piperazine rings is 1. The lowest BCUT2D eigenvalue weighted by Crippen LogP contribution is -2.40. The van der Waals surface area contributed by atoms with Crippen molar-refractivity contribution < 1.29 is 0 Å². The summed E-state index contributed by atoms with van der Waals surface area (Å²) < 4.78 is 3.51. The molecule has 3 aromatic rings. The summed E-state index contributed by atoms with van der Waals surface area (Å²) in [6, 6.07) is 3.78. The predicted octanol–water partition coefficient (Wildman–Crippen LogP) is 2.26. The van der Waals surface area contributed by atoms with Crippen molar-refractivity contribution in [2.45, 2.75) is 46.1 Å². The summed E-state index contributed by atoms with van der Waals surface area (Å²) in [6.07, 6.45) is 5.08. The van der Waals surface area contributed by atoms with E-state index in [0.717, 1.165) is 36.7 Å². The molecule has 1 aliphatic heterocycles. The zero-order valence-corrected chi connectivity index (χ0v) is 20.7. The van der Waals surface area contributed by atoms with E-state index in [1.165, 1.54) is 6.20 Å². The quantitative estimate of drug-likeness (QED) is 0.450. The Labute approximate surface area is 199 Å². The molecule has 0 radical (unpaired) electrons. The number of hydrogen-bond acceptors (Lipinski definition) is 7. The van der Waals surface area contributed by atoms with Gasteiger partial charge in [0.25, 0.3) is 11.5 Å². The van der Waals surface area contributed by atoms with Crippen LogP contribution in [0, 0.1) is 0 Å². The van der Waals surface area contributed by atoms with Gasteiger partial charge in [0.15, 0.2) is 5.65 Å². The van der Waals surface area contributed by atoms with Gasteiger partial charge in [0.1, 0.15) is 11.2 Å². The topological polar surface area (TPSA) is 119 Å². The highest BCUT2D eigenvalue weighted by molar-refractivity contribution is 5.93. The summed E-state index contributed by atoms with van der Waals surface area (Å²) in [5, 5.41) is 3.76. The Balaban J connectivity index is 1.84. The summed E-state index contributed by atoms with van der Waals surface area (Å²) in [5.41, 5.74) is 9.08. The molecule has 1 fully saturated rings. The van der Waals surface area contributed by atoms with Crippen molar-refractivity contribution in [1.82, 2.24) is 34.5 Å². The highest BCUT2D eigenvalue weighted by Crippen LogP contribution is 2.25. The molecule has 3 N–H and O–H groups in total. The molecule has 1 saturated heterocycles. The number of rotatable bonds is 4. The molecule has 1 aliphatic rings. The number of fused-ring (bicyclic) bond motifs is 1. The molecule has 180 valence electrons. The van der Waals surface area contributed by atoms with Gasteiger partial charge in [-0.1, -0.05) is 20.8 Å². The summed E-state index contributed by atoms with van der Waals surface area (Å²) in [5.74, 6) is 0.499. The van der Waals surface area contributed by atoms with Crippen LogP contribution < -0.4 is 16.6 Å². The maximum atomic E-state index is 13.2. The minimum atomic E-state index is -0.154. The number of hydrogen-bond donors (Lipinski definition) is 2. The van der Waals surface area contributed by atoms with Crippen LogP contribution in [-0.4, -0.2) is 61.7 Å². The first-order chi connectivity index (χ1) is 16.0. The molecule has 0 aliphatic carbocycles. The number of aliphatic imine (C=N–C) groups is 1. The van der Waals surface area contributed by atoms with E-state index in [2.05, 4.69) is 58.0 Å². The van der Waals surface area contributed by atoms with Crippen LogP contribution in [0.2, 0.25) is 0 Å². The van der Waals surface area contributed by atoms with Gasteiger partial charge in [0.2, 0.25) is 0 Å². The van der Waals surface area contributed by atoms with Gasteiger partial charge in [0, 0.05) is 61.0 Å². The van der Waals surface area contributed by atoms with Crippen LogP contribution >= 0.6 is 0 Å². The second-order valence-corrected chi connectivity index (χ2v) is 9.98. The fourth-order valence-corrected chi connectivity index (χ4v) is 3.98. The monoisotopic (exact) mass is 463 g/mol. The molecule has 10 heteroatoms. The second kappa shape index (κ2) is 9.02. The van der Waals surface area contributed by atoms with Crippen molar-refractivity contribution in [3.63, 3.8) is 0 Å². The smallest absolute Gasteiger partial charge is 0.278 e. The van der Waals surface area contributed by atoms with Crippen molar-refractivity contribution in [2.24, 2.45) is 10.7 Å². The van der Waals surface area contributed by atoms with Crippen molar-refractivity contribution in [3.05, 3.63) is 52.3 Å². The molecule has 0 saturated carbocycles. The second-order valence-electron chi connectivity index (χ2n) is 9.98. The largest absolute Gasteiger partial charge is 0.386 e. The molecule has 0 atom stereocenters. The van der Waals surface area contributed by atoms with Crippen LogP contribution in [0.1, 0.15) is 46.4 Å². The lowest BCUT2D eigenvalue weighted by atomic mass is 9.91. The van der Waals surface area contributed by atoms with Crippen molar-refractivity contribution in [2.75, 3.05) is 26.7 Å². The van der Waals surface area contributed by atoms with Gasteiger partial charge in [-0.25, -0.2) is 14.3 Å². The van der Waals surface area contributed by atoms with Crippen LogP contribution in [0.15, 0.2) is 46.1 Å². The predicted molar refractivity (Wildman–Crippen MR) is 135 cm³/mol. The first-order valence-electron chi connectivity index (χ1n) is 11.5. The van der Waals surface area contributed by atoms with Crippen LogP contribution in [-0.2, 0) is 5.41 Å². The molecule has 0 bridgehead atoms. The van der Waals surface area contributed by atoms with Crippen molar-refractivity contribution >= 4 is 22.8 Å². The third kappa shape index (κ3) is 4.72. The zero-order chi connectivity index (χ0) is 24.6. The number of nitrogens with one attached hydrogen (secondary N) is 1. The number of aromatic nitrogens is 5. The fraction of sp³-hybridized carbons (Fsp3) is 0.458. The molecule has 34 heavy (non-hydrogen) atoms. The Morgan fingerprint density at radius 2 is 2.06 bits per heavy atom. The van der Waals surface area contributed by atoms with Crippen LogP contribution in [0.25, 0.3) is 16.7 Å². The standard InChI is InChI=1S/C24H33N9O/c1-15(2)32-22(34)18-13-28-23(29-20(25)11-16-14-31(6)10-9-26-16)30-21(18)33(32)17-7-8-27-19(12-17)24(3,4)5/h7-8,11-13,15,26H,9-10,14H2,1-6H3,(H2,25,28,29,30)/b16-11-. The normalized spacial score (nSPS) is 17.0. The van der Waals surface area contributed by atoms with Crippen LogP contribution in [0.3, 0.4) is 0 Å². The van der Waals surface area contributed by atoms with Crippen LogP contribution in [0.5, 0.6) is 0 Å². The van der Waals surface area contributed by atoms with E-state index >= 15 is 0 Å². The van der Waals surface area contributed by atoms with Gasteiger partial charge in [-0.15, -0.1) is 0 Å². The molecule has 3 aromatic heterocycles. The summed E-state index contributed by atoms with van der Waals surface area (Å²) in [6.45, 7) is 12.8. The number of nitrogens with zero attached hydrogens (tertiary/aromatic N) is 7.